The van der Waals surface area contributed by atoms with Gasteiger partial charge >= 0.3 is 0 Å². The third-order valence-electron chi connectivity index (χ3n) is 17.2. The molecule has 0 aliphatic heterocycles. The van der Waals surface area contributed by atoms with Crippen molar-refractivity contribution in [1.82, 2.24) is 22.7 Å². The van der Waals surface area contributed by atoms with Gasteiger partial charge in [-0.05, 0) is 78.4 Å². The van der Waals surface area contributed by atoms with Crippen LogP contribution < -0.4 is 0 Å². The third-order valence-corrected chi connectivity index (χ3v) is 17.2. The molecule has 79 heavy (non-hydrogen) atoms. The van der Waals surface area contributed by atoms with Crippen LogP contribution >= 0.6 is 0 Å². The highest BCUT2D eigenvalue weighted by atomic mass is 15.1. The summed E-state index contributed by atoms with van der Waals surface area (Å²) in [6.45, 7) is 0. The van der Waals surface area contributed by atoms with Crippen LogP contribution in [0.15, 0.2) is 255 Å². The lowest BCUT2D eigenvalue weighted by Crippen LogP contribution is -2.16. The highest BCUT2D eigenvalue weighted by Crippen LogP contribution is 2.53. The van der Waals surface area contributed by atoms with Crippen LogP contribution in [0.5, 0.6) is 0 Å². The molecule has 0 unspecified atom stereocenters. The maximum atomic E-state index is 13.0. The zero-order chi connectivity index (χ0) is 51.6. The molecule has 0 atom stereocenters. The molecule has 0 radical (unpaired) electrons. The summed E-state index contributed by atoms with van der Waals surface area (Å²) in [6, 6.07) is 95.8. The maximum absolute atomic E-state index is 13.0. The number of para-hydroxylation sites is 10. The SMILES string of the molecule is N#Cc1c(-n2c3ccccc3c3ccccc32)c(-n2c3ccccc3c3ccccc32)c(-c2cc3c4ccccc4n4c5ccccc5c(c2)c34)c(-n2c3ccccc3c3ccccc32)c1-n1c2ccccc2c2ccccc21. The Morgan fingerprint density at radius 2 is 0.456 bits per heavy atom. The number of fused-ring (bicyclic) bond motifs is 18. The molecule has 0 fully saturated rings. The standard InChI is InChI=1S/C73H42N6/c74-43-57-70(76-58-31-11-1-21-45(58)46-22-2-12-32-59(46)76)72(78-62-35-15-5-25-49(62)50-26-6-16-36-63(50)78)68(44-41-55-53-29-9-19-39-66(53)75-67-40-20-10-30-54(67)56(42-44)69(55)75)73(79-64-37-17-7-27-51(64)52-28-8-18-38-65(52)79)71(57)77-60-33-13-3-23-47(60)48-24-4-14-34-61(48)77/h1-42H. The van der Waals surface area contributed by atoms with E-state index < -0.39 is 0 Å². The molecular weight excluding hydrogens is 961 g/mol. The summed E-state index contributed by atoms with van der Waals surface area (Å²) in [5, 5.41) is 26.7. The summed E-state index contributed by atoms with van der Waals surface area (Å²) in [6.07, 6.45) is 0. The molecule has 18 aromatic rings. The van der Waals surface area contributed by atoms with Gasteiger partial charge < -0.3 is 22.7 Å². The quantitative estimate of drug-likeness (QED) is 0.169. The van der Waals surface area contributed by atoms with Gasteiger partial charge in [-0.25, -0.2) is 0 Å². The molecule has 6 aromatic heterocycles. The van der Waals surface area contributed by atoms with Gasteiger partial charge in [-0.3, -0.25) is 0 Å². The van der Waals surface area contributed by atoms with Crippen molar-refractivity contribution in [1.29, 1.82) is 5.26 Å². The monoisotopic (exact) mass is 1000 g/mol. The second-order valence-corrected chi connectivity index (χ2v) is 21.0. The van der Waals surface area contributed by atoms with Gasteiger partial charge in [0.1, 0.15) is 11.6 Å². The fourth-order valence-corrected chi connectivity index (χ4v) is 14.2. The smallest absolute Gasteiger partial charge is 0.104 e. The van der Waals surface area contributed by atoms with Gasteiger partial charge in [-0.15, -0.1) is 0 Å². The van der Waals surface area contributed by atoms with Gasteiger partial charge in [0.2, 0.25) is 0 Å². The number of hydrogen-bond donors (Lipinski definition) is 0. The van der Waals surface area contributed by atoms with E-state index in [-0.39, 0.29) is 0 Å². The van der Waals surface area contributed by atoms with E-state index >= 15 is 0 Å². The fraction of sp³-hybridized carbons (Fsp3) is 0. The van der Waals surface area contributed by atoms with Gasteiger partial charge in [0.15, 0.2) is 0 Å². The van der Waals surface area contributed by atoms with Gasteiger partial charge in [0.25, 0.3) is 0 Å². The summed E-state index contributed by atoms with van der Waals surface area (Å²) in [5.74, 6) is 0. The van der Waals surface area contributed by atoms with E-state index in [9.17, 15) is 5.26 Å². The van der Waals surface area contributed by atoms with Crippen molar-refractivity contribution in [3.05, 3.63) is 260 Å². The zero-order valence-electron chi connectivity index (χ0n) is 42.4. The Labute approximate surface area is 451 Å². The molecule has 0 aliphatic rings. The van der Waals surface area contributed by atoms with Gasteiger partial charge in [-0.1, -0.05) is 182 Å². The molecule has 0 saturated heterocycles. The van der Waals surface area contributed by atoms with Crippen molar-refractivity contribution in [2.45, 2.75) is 0 Å². The largest absolute Gasteiger partial charge is 0.308 e. The van der Waals surface area contributed by atoms with Crippen LogP contribution in [0.2, 0.25) is 0 Å². The summed E-state index contributed by atoms with van der Waals surface area (Å²) in [5.41, 5.74) is 17.7. The summed E-state index contributed by atoms with van der Waals surface area (Å²) in [4.78, 5) is 0. The lowest BCUT2D eigenvalue weighted by Gasteiger charge is -2.29. The van der Waals surface area contributed by atoms with Crippen molar-refractivity contribution >= 4 is 125 Å². The normalized spacial score (nSPS) is 12.3. The van der Waals surface area contributed by atoms with Gasteiger partial charge in [-0.2, -0.15) is 5.26 Å². The van der Waals surface area contributed by atoms with Crippen molar-refractivity contribution in [2.75, 3.05) is 0 Å². The van der Waals surface area contributed by atoms with Crippen LogP contribution in [-0.4, -0.2) is 22.7 Å². The molecule has 6 nitrogen and oxygen atoms in total. The van der Waals surface area contributed by atoms with Gasteiger partial charge in [0.05, 0.1) is 83.4 Å². The molecule has 6 heterocycles. The van der Waals surface area contributed by atoms with Crippen LogP contribution in [0, 0.1) is 11.3 Å². The predicted octanol–water partition coefficient (Wildman–Crippen LogP) is 18.8. The zero-order valence-corrected chi connectivity index (χ0v) is 42.4. The van der Waals surface area contributed by atoms with Crippen LogP contribution in [0.3, 0.4) is 0 Å². The van der Waals surface area contributed by atoms with Crippen LogP contribution in [-0.2, 0) is 0 Å². The van der Waals surface area contributed by atoms with Crippen molar-refractivity contribution in [3.63, 3.8) is 0 Å². The molecular formula is C73H42N6. The first kappa shape index (κ1) is 42.4. The van der Waals surface area contributed by atoms with Crippen LogP contribution in [0.1, 0.15) is 5.56 Å². The second kappa shape index (κ2) is 15.6. The molecule has 18 rings (SSSR count). The predicted molar refractivity (Wildman–Crippen MR) is 329 cm³/mol. The van der Waals surface area contributed by atoms with Crippen LogP contribution in [0.4, 0.5) is 0 Å². The van der Waals surface area contributed by atoms with E-state index in [2.05, 4.69) is 284 Å². The average molecular weight is 1000 g/mol. The first-order valence-corrected chi connectivity index (χ1v) is 27.0. The number of benzene rings is 12. The Bertz CT molecular complexity index is 5160. The summed E-state index contributed by atoms with van der Waals surface area (Å²) >= 11 is 0. The Morgan fingerprint density at radius 1 is 0.241 bits per heavy atom. The molecule has 0 aliphatic carbocycles. The Morgan fingerprint density at radius 3 is 0.709 bits per heavy atom. The van der Waals surface area contributed by atoms with Crippen molar-refractivity contribution < 1.29 is 0 Å². The summed E-state index contributed by atoms with van der Waals surface area (Å²) < 4.78 is 12.3. The molecule has 6 heteroatoms. The first-order chi connectivity index (χ1) is 39.2. The molecule has 364 valence electrons. The minimum Gasteiger partial charge on any atom is -0.308 e. The lowest BCUT2D eigenvalue weighted by atomic mass is 9.91. The molecule has 0 spiro atoms. The van der Waals surface area contributed by atoms with Crippen LogP contribution in [0.25, 0.3) is 159 Å². The highest BCUT2D eigenvalue weighted by molar-refractivity contribution is 6.26. The number of aromatic nitrogens is 5. The molecule has 0 saturated carbocycles. The Kier molecular flexibility index (Phi) is 8.37. The van der Waals surface area contributed by atoms with E-state index in [1.54, 1.807) is 0 Å². The minimum absolute atomic E-state index is 0.544. The van der Waals surface area contributed by atoms with E-state index in [0.29, 0.717) is 5.56 Å². The fourth-order valence-electron chi connectivity index (χ4n) is 14.2. The molecule has 12 aromatic carbocycles. The van der Waals surface area contributed by atoms with Crippen molar-refractivity contribution in [3.8, 4) is 39.9 Å². The lowest BCUT2D eigenvalue weighted by molar-refractivity contribution is 1.04. The van der Waals surface area contributed by atoms with E-state index in [1.807, 2.05) is 0 Å². The number of rotatable bonds is 5. The van der Waals surface area contributed by atoms with E-state index in [1.165, 1.54) is 38.1 Å². The van der Waals surface area contributed by atoms with E-state index in [4.69, 9.17) is 0 Å². The first-order valence-electron chi connectivity index (χ1n) is 27.0. The second-order valence-electron chi connectivity index (χ2n) is 21.0. The topological polar surface area (TPSA) is 47.9 Å². The van der Waals surface area contributed by atoms with Crippen molar-refractivity contribution in [2.24, 2.45) is 0 Å². The van der Waals surface area contributed by atoms with Gasteiger partial charge in [0, 0.05) is 70.2 Å². The maximum Gasteiger partial charge on any atom is 0.104 e. The minimum atomic E-state index is 0.544. The summed E-state index contributed by atoms with van der Waals surface area (Å²) in [7, 11) is 0. The van der Waals surface area contributed by atoms with E-state index in [0.717, 1.165) is 121 Å². The molecule has 0 amide bonds. The Hall–Kier alpha value is -10.9. The number of nitrogens with zero attached hydrogens (tertiary/aromatic N) is 6. The number of hydrogen-bond acceptors (Lipinski definition) is 1. The Balaban J connectivity index is 1.21. The molecule has 0 bridgehead atoms. The number of nitriles is 1. The highest BCUT2D eigenvalue weighted by Gasteiger charge is 2.35. The molecule has 0 N–H and O–H groups in total. The third kappa shape index (κ3) is 5.42. The average Bonchev–Trinajstić information content (AvgIpc) is 4.56.